The van der Waals surface area contributed by atoms with Crippen LogP contribution in [0, 0.1) is 11.8 Å². The molecule has 0 saturated carbocycles. The maximum absolute atomic E-state index is 14.2. The van der Waals surface area contributed by atoms with Gasteiger partial charge in [0.1, 0.15) is 19.8 Å². The minimum atomic E-state index is -0.631. The highest BCUT2D eigenvalue weighted by atomic mass is 16.6. The zero-order chi connectivity index (χ0) is 56.7. The molecule has 452 valence electrons. The number of amides is 1. The first kappa shape index (κ1) is 70.2. The number of nitrogens with zero attached hydrogens (tertiary/aromatic N) is 2. The molecule has 0 unspecified atom stereocenters. The maximum atomic E-state index is 14.2. The lowest BCUT2D eigenvalue weighted by molar-refractivity contribution is -0.156. The second-order valence-corrected chi connectivity index (χ2v) is 22.3. The highest BCUT2D eigenvalue weighted by Gasteiger charge is 2.36. The first-order chi connectivity index (χ1) is 38.0. The number of hydrogen-bond donors (Lipinski definition) is 0. The van der Waals surface area contributed by atoms with Gasteiger partial charge in [-0.25, -0.2) is 4.79 Å². The number of likely N-dealkylation sites (tertiary alicyclic amines) is 2. The van der Waals surface area contributed by atoms with E-state index in [1.807, 2.05) is 0 Å². The molecular formula is C62H110N2O14. The lowest BCUT2D eigenvalue weighted by Gasteiger charge is -2.35. The third-order valence-electron chi connectivity index (χ3n) is 15.0. The molecule has 0 spiro atoms. The summed E-state index contributed by atoms with van der Waals surface area (Å²) in [7, 11) is 0. The second-order valence-electron chi connectivity index (χ2n) is 22.3. The van der Waals surface area contributed by atoms with Crippen molar-refractivity contribution >= 4 is 41.9 Å². The fourth-order valence-electron chi connectivity index (χ4n) is 10.1. The van der Waals surface area contributed by atoms with E-state index in [0.29, 0.717) is 32.2 Å². The normalized spacial score (nSPS) is 15.9. The standard InChI is InChI=1S/C62H110N2O14/c1-5-9-13-17-21-26-36-56(65)73-46-52(47-74-57(66)37-27-22-18-14-10-6-2)44-60(69)77-50-54-34-30-31-35-55(64(54)62(71)72-43-42-63-40-32-25-33-41-63)51-78-61(70)45-53(48-75-58(67)38-28-23-19-15-11-7-3)49-76-59(68)39-29-24-20-16-12-8-4/h52-55H,5-51H2,1-4H3/t54-,55+. The molecule has 2 saturated heterocycles. The van der Waals surface area contributed by atoms with Crippen molar-refractivity contribution in [3.05, 3.63) is 0 Å². The molecule has 2 atom stereocenters. The molecule has 0 aromatic heterocycles. The Kier molecular flexibility index (Phi) is 43.0. The van der Waals surface area contributed by atoms with Crippen molar-refractivity contribution in [2.75, 3.05) is 65.9 Å². The minimum absolute atomic E-state index is 0.107. The Labute approximate surface area is 471 Å². The molecular weight excluding hydrogens is 997 g/mol. The molecule has 2 aliphatic rings. The number of hydrogen-bond acceptors (Lipinski definition) is 15. The Morgan fingerprint density at radius 2 is 0.692 bits per heavy atom. The van der Waals surface area contributed by atoms with E-state index in [4.69, 9.17) is 33.2 Å². The summed E-state index contributed by atoms with van der Waals surface area (Å²) >= 11 is 0. The molecule has 0 aromatic rings. The number of carbonyl (C=O) groups excluding carboxylic acids is 7. The van der Waals surface area contributed by atoms with Crippen molar-refractivity contribution in [2.45, 2.75) is 277 Å². The van der Waals surface area contributed by atoms with Gasteiger partial charge in [-0.05, 0) is 64.5 Å². The zero-order valence-corrected chi connectivity index (χ0v) is 49.7. The van der Waals surface area contributed by atoms with E-state index >= 15 is 0 Å². The quantitative estimate of drug-likeness (QED) is 0.0317. The van der Waals surface area contributed by atoms with Crippen LogP contribution in [0.2, 0.25) is 0 Å². The Morgan fingerprint density at radius 1 is 0.372 bits per heavy atom. The van der Waals surface area contributed by atoms with Crippen molar-refractivity contribution in [3.8, 4) is 0 Å². The van der Waals surface area contributed by atoms with Crippen LogP contribution < -0.4 is 0 Å². The van der Waals surface area contributed by atoms with Crippen LogP contribution in [0.25, 0.3) is 0 Å². The summed E-state index contributed by atoms with van der Waals surface area (Å²) in [5, 5.41) is 0. The molecule has 2 fully saturated rings. The fraction of sp³-hybridized carbons (Fsp3) is 0.887. The van der Waals surface area contributed by atoms with Gasteiger partial charge in [-0.2, -0.15) is 0 Å². The van der Waals surface area contributed by atoms with Crippen molar-refractivity contribution in [1.29, 1.82) is 0 Å². The molecule has 1 amide bonds. The maximum Gasteiger partial charge on any atom is 0.410 e. The minimum Gasteiger partial charge on any atom is -0.465 e. The van der Waals surface area contributed by atoms with E-state index < -0.39 is 42.0 Å². The Balaban J connectivity index is 2.17. The molecule has 2 heterocycles. The van der Waals surface area contributed by atoms with Gasteiger partial charge >= 0.3 is 41.9 Å². The first-order valence-corrected chi connectivity index (χ1v) is 31.6. The van der Waals surface area contributed by atoms with E-state index in [2.05, 4.69) is 32.6 Å². The van der Waals surface area contributed by atoms with E-state index in [0.717, 1.165) is 154 Å². The summed E-state index contributed by atoms with van der Waals surface area (Å²) in [4.78, 5) is 96.6. The molecule has 0 aromatic carbocycles. The van der Waals surface area contributed by atoms with Crippen molar-refractivity contribution in [2.24, 2.45) is 11.8 Å². The lowest BCUT2D eigenvalue weighted by atomic mass is 10.1. The van der Waals surface area contributed by atoms with E-state index in [-0.39, 0.29) is 109 Å². The van der Waals surface area contributed by atoms with Gasteiger partial charge < -0.3 is 33.2 Å². The average molecular weight is 1110 g/mol. The first-order valence-electron chi connectivity index (χ1n) is 31.6. The predicted molar refractivity (Wildman–Crippen MR) is 303 cm³/mol. The monoisotopic (exact) mass is 1110 g/mol. The van der Waals surface area contributed by atoms with Crippen LogP contribution >= 0.6 is 0 Å². The average Bonchev–Trinajstić information content (AvgIpc) is 3.65. The third-order valence-corrected chi connectivity index (χ3v) is 15.0. The van der Waals surface area contributed by atoms with Crippen LogP contribution in [0.4, 0.5) is 4.79 Å². The topological polar surface area (TPSA) is 191 Å². The highest BCUT2D eigenvalue weighted by Crippen LogP contribution is 2.26. The molecule has 0 N–H and O–H groups in total. The molecule has 0 radical (unpaired) electrons. The van der Waals surface area contributed by atoms with Crippen LogP contribution in [-0.2, 0) is 61.9 Å². The Bertz CT molecular complexity index is 1430. The van der Waals surface area contributed by atoms with Crippen molar-refractivity contribution in [1.82, 2.24) is 9.80 Å². The van der Waals surface area contributed by atoms with Crippen LogP contribution in [0.5, 0.6) is 0 Å². The molecule has 16 nitrogen and oxygen atoms in total. The molecule has 16 heteroatoms. The Hall–Kier alpha value is -3.95. The highest BCUT2D eigenvalue weighted by molar-refractivity contribution is 5.73. The summed E-state index contributed by atoms with van der Waals surface area (Å²) in [6.07, 6.45) is 30.6. The third kappa shape index (κ3) is 37.1. The summed E-state index contributed by atoms with van der Waals surface area (Å²) < 4.78 is 40.3. The molecule has 2 aliphatic heterocycles. The summed E-state index contributed by atoms with van der Waals surface area (Å²) in [6, 6.07) is -1.20. The predicted octanol–water partition coefficient (Wildman–Crippen LogP) is 13.5. The number of carbonyl (C=O) groups is 7. The molecule has 0 aliphatic carbocycles. The largest absolute Gasteiger partial charge is 0.465 e. The fourth-order valence-corrected chi connectivity index (χ4v) is 10.1. The van der Waals surface area contributed by atoms with Crippen molar-refractivity contribution in [3.63, 3.8) is 0 Å². The molecule has 78 heavy (non-hydrogen) atoms. The van der Waals surface area contributed by atoms with Crippen LogP contribution in [0.3, 0.4) is 0 Å². The van der Waals surface area contributed by atoms with Gasteiger partial charge in [0, 0.05) is 44.1 Å². The van der Waals surface area contributed by atoms with Gasteiger partial charge in [-0.1, -0.05) is 175 Å². The van der Waals surface area contributed by atoms with Gasteiger partial charge in [-0.15, -0.1) is 0 Å². The number of rotatable bonds is 47. The molecule has 2 rings (SSSR count). The van der Waals surface area contributed by atoms with E-state index in [9.17, 15) is 33.6 Å². The van der Waals surface area contributed by atoms with Gasteiger partial charge in [-0.3, -0.25) is 38.6 Å². The van der Waals surface area contributed by atoms with Gasteiger partial charge in [0.25, 0.3) is 0 Å². The summed E-state index contributed by atoms with van der Waals surface area (Å²) in [6.45, 7) is 10.5. The zero-order valence-electron chi connectivity index (χ0n) is 49.7. The van der Waals surface area contributed by atoms with Gasteiger partial charge in [0.15, 0.2) is 0 Å². The van der Waals surface area contributed by atoms with Gasteiger partial charge in [0.05, 0.1) is 51.4 Å². The number of piperidine rings is 1. The second kappa shape index (κ2) is 47.8. The summed E-state index contributed by atoms with van der Waals surface area (Å²) in [5.74, 6) is -3.87. The number of esters is 6. The van der Waals surface area contributed by atoms with Crippen LogP contribution in [-0.4, -0.2) is 130 Å². The van der Waals surface area contributed by atoms with Gasteiger partial charge in [0.2, 0.25) is 0 Å². The van der Waals surface area contributed by atoms with Crippen LogP contribution in [0.15, 0.2) is 0 Å². The Morgan fingerprint density at radius 3 is 1.03 bits per heavy atom. The number of unbranched alkanes of at least 4 members (excludes halogenated alkanes) is 20. The van der Waals surface area contributed by atoms with Crippen molar-refractivity contribution < 1.29 is 66.7 Å². The van der Waals surface area contributed by atoms with E-state index in [1.165, 1.54) is 32.1 Å². The smallest absolute Gasteiger partial charge is 0.410 e. The van der Waals surface area contributed by atoms with Crippen LogP contribution in [0.1, 0.15) is 265 Å². The molecule has 0 bridgehead atoms. The lowest BCUT2D eigenvalue weighted by Crippen LogP contribution is -2.51. The SMILES string of the molecule is CCCCCCCCC(=O)OCC(COC(=O)CCCCCCCC)CC(=O)OC[C@H]1CCCC[C@@H](COC(=O)CC(COC(=O)CCCCCCCC)COC(=O)CCCCCCCC)N1C(=O)OCCN1CCCCC1. The summed E-state index contributed by atoms with van der Waals surface area (Å²) in [5.41, 5.74) is 0. The number of ether oxygens (including phenoxy) is 7. The van der Waals surface area contributed by atoms with E-state index in [1.54, 1.807) is 4.90 Å².